The molecule has 0 aliphatic rings. The second-order valence-electron chi connectivity index (χ2n) is 5.44. The van der Waals surface area contributed by atoms with Crippen molar-refractivity contribution in [3.63, 3.8) is 0 Å². The second-order valence-corrected chi connectivity index (χ2v) is 5.88. The van der Waals surface area contributed by atoms with Crippen LogP contribution in [0.4, 0.5) is 0 Å². The summed E-state index contributed by atoms with van der Waals surface area (Å²) in [7, 11) is 0. The Balaban J connectivity index is 1.71. The smallest absolute Gasteiger partial charge is 0.241 e. The Bertz CT molecular complexity index is 777. The predicted octanol–water partition coefficient (Wildman–Crippen LogP) is 3.38. The SMILES string of the molecule is OCCN(Cc1ccccc1)Cc1nc(-c2cccc(Cl)c2)no1. The molecule has 1 N–H and O–H groups in total. The molecule has 0 saturated carbocycles. The summed E-state index contributed by atoms with van der Waals surface area (Å²) in [6.45, 7) is 1.78. The lowest BCUT2D eigenvalue weighted by Crippen LogP contribution is -2.26. The standard InChI is InChI=1S/C18H18ClN3O2/c19-16-8-4-7-15(11-16)18-20-17(24-21-18)13-22(9-10-23)12-14-5-2-1-3-6-14/h1-8,11,23H,9-10,12-13H2. The van der Waals surface area contributed by atoms with Crippen LogP contribution >= 0.6 is 11.6 Å². The van der Waals surface area contributed by atoms with Crippen LogP contribution in [0, 0.1) is 0 Å². The normalized spacial score (nSPS) is 11.1. The van der Waals surface area contributed by atoms with Crippen LogP contribution in [0.25, 0.3) is 11.4 Å². The lowest BCUT2D eigenvalue weighted by molar-refractivity contribution is 0.167. The van der Waals surface area contributed by atoms with Gasteiger partial charge >= 0.3 is 0 Å². The predicted molar refractivity (Wildman–Crippen MR) is 92.4 cm³/mol. The van der Waals surface area contributed by atoms with Crippen LogP contribution in [-0.2, 0) is 13.1 Å². The molecule has 0 spiro atoms. The van der Waals surface area contributed by atoms with Gasteiger partial charge in [-0.25, -0.2) is 0 Å². The Hall–Kier alpha value is -2.21. The molecule has 24 heavy (non-hydrogen) atoms. The second kappa shape index (κ2) is 8.06. The molecule has 1 heterocycles. The van der Waals surface area contributed by atoms with Crippen molar-refractivity contribution in [2.75, 3.05) is 13.2 Å². The van der Waals surface area contributed by atoms with Gasteiger partial charge in [-0.05, 0) is 17.7 Å². The number of hydrogen-bond acceptors (Lipinski definition) is 5. The molecule has 2 aromatic carbocycles. The maximum Gasteiger partial charge on any atom is 0.241 e. The van der Waals surface area contributed by atoms with Crippen molar-refractivity contribution in [1.29, 1.82) is 0 Å². The summed E-state index contributed by atoms with van der Waals surface area (Å²) in [6.07, 6.45) is 0. The van der Waals surface area contributed by atoms with Crippen LogP contribution < -0.4 is 0 Å². The molecular weight excluding hydrogens is 326 g/mol. The van der Waals surface area contributed by atoms with Gasteiger partial charge in [0.1, 0.15) is 0 Å². The van der Waals surface area contributed by atoms with Gasteiger partial charge in [-0.15, -0.1) is 0 Å². The van der Waals surface area contributed by atoms with Crippen molar-refractivity contribution in [3.05, 3.63) is 71.1 Å². The molecule has 5 nitrogen and oxygen atoms in total. The van der Waals surface area contributed by atoms with E-state index in [2.05, 4.69) is 27.2 Å². The van der Waals surface area contributed by atoms with Crippen molar-refractivity contribution in [3.8, 4) is 11.4 Å². The number of hydrogen-bond donors (Lipinski definition) is 1. The van der Waals surface area contributed by atoms with Crippen LogP contribution in [0.2, 0.25) is 5.02 Å². The summed E-state index contributed by atoms with van der Waals surface area (Å²) < 4.78 is 5.35. The summed E-state index contributed by atoms with van der Waals surface area (Å²) in [5, 5.41) is 13.9. The third-order valence-corrected chi connectivity index (χ3v) is 3.81. The fraction of sp³-hybridized carbons (Fsp3) is 0.222. The molecule has 0 radical (unpaired) electrons. The van der Waals surface area contributed by atoms with E-state index in [0.717, 1.165) is 5.56 Å². The molecule has 3 aromatic rings. The highest BCUT2D eigenvalue weighted by Gasteiger charge is 2.13. The van der Waals surface area contributed by atoms with Crippen molar-refractivity contribution in [2.45, 2.75) is 13.1 Å². The van der Waals surface area contributed by atoms with E-state index in [1.165, 1.54) is 5.56 Å². The molecule has 0 amide bonds. The molecular formula is C18H18ClN3O2. The molecule has 0 fully saturated rings. The first-order valence-electron chi connectivity index (χ1n) is 7.70. The first kappa shape index (κ1) is 16.6. The van der Waals surface area contributed by atoms with Gasteiger partial charge in [0.15, 0.2) is 0 Å². The average molecular weight is 344 g/mol. The highest BCUT2D eigenvalue weighted by atomic mass is 35.5. The maximum atomic E-state index is 9.28. The minimum Gasteiger partial charge on any atom is -0.395 e. The van der Waals surface area contributed by atoms with Gasteiger partial charge in [-0.3, -0.25) is 4.90 Å². The Morgan fingerprint density at radius 1 is 1.04 bits per heavy atom. The summed E-state index contributed by atoms with van der Waals surface area (Å²) >= 11 is 6.00. The highest BCUT2D eigenvalue weighted by Crippen LogP contribution is 2.20. The lowest BCUT2D eigenvalue weighted by atomic mass is 10.2. The van der Waals surface area contributed by atoms with Crippen molar-refractivity contribution >= 4 is 11.6 Å². The molecule has 6 heteroatoms. The Morgan fingerprint density at radius 2 is 1.88 bits per heavy atom. The van der Waals surface area contributed by atoms with Crippen molar-refractivity contribution in [2.24, 2.45) is 0 Å². The minimum atomic E-state index is 0.0715. The largest absolute Gasteiger partial charge is 0.395 e. The molecule has 1 aromatic heterocycles. The van der Waals surface area contributed by atoms with Crippen molar-refractivity contribution in [1.82, 2.24) is 15.0 Å². The van der Waals surface area contributed by atoms with E-state index in [-0.39, 0.29) is 6.61 Å². The van der Waals surface area contributed by atoms with Crippen LogP contribution in [-0.4, -0.2) is 33.3 Å². The van der Waals surface area contributed by atoms with Gasteiger partial charge < -0.3 is 9.63 Å². The van der Waals surface area contributed by atoms with E-state index < -0.39 is 0 Å². The zero-order chi connectivity index (χ0) is 16.8. The van der Waals surface area contributed by atoms with Crippen LogP contribution in [0.5, 0.6) is 0 Å². The summed E-state index contributed by atoms with van der Waals surface area (Å²) in [5.41, 5.74) is 1.98. The Labute approximate surface area is 145 Å². The fourth-order valence-corrected chi connectivity index (χ4v) is 2.64. The van der Waals surface area contributed by atoms with Gasteiger partial charge in [0, 0.05) is 23.7 Å². The molecule has 0 aliphatic heterocycles. The first-order chi connectivity index (χ1) is 11.7. The number of aliphatic hydroxyl groups excluding tert-OH is 1. The van der Waals surface area contributed by atoms with Gasteiger partial charge in [0.05, 0.1) is 13.2 Å². The molecule has 0 unspecified atom stereocenters. The van der Waals surface area contributed by atoms with Crippen LogP contribution in [0.15, 0.2) is 59.1 Å². The molecule has 0 saturated heterocycles. The third kappa shape index (κ3) is 4.41. The van der Waals surface area contributed by atoms with E-state index in [1.807, 2.05) is 30.3 Å². The summed E-state index contributed by atoms with van der Waals surface area (Å²) in [4.78, 5) is 6.49. The van der Waals surface area contributed by atoms with E-state index >= 15 is 0 Å². The van der Waals surface area contributed by atoms with Gasteiger partial charge in [-0.1, -0.05) is 59.2 Å². The minimum absolute atomic E-state index is 0.0715. The summed E-state index contributed by atoms with van der Waals surface area (Å²) in [6, 6.07) is 17.4. The third-order valence-electron chi connectivity index (χ3n) is 3.58. The maximum absolute atomic E-state index is 9.28. The van der Waals surface area contributed by atoms with E-state index in [0.29, 0.717) is 36.4 Å². The quantitative estimate of drug-likeness (QED) is 0.712. The molecule has 0 aliphatic carbocycles. The first-order valence-corrected chi connectivity index (χ1v) is 8.08. The number of aliphatic hydroxyl groups is 1. The number of halogens is 1. The van der Waals surface area contributed by atoms with Gasteiger partial charge in [0.2, 0.25) is 11.7 Å². The molecule has 124 valence electrons. The number of aromatic nitrogens is 2. The zero-order valence-electron chi connectivity index (χ0n) is 13.1. The molecule has 0 bridgehead atoms. The van der Waals surface area contributed by atoms with Crippen LogP contribution in [0.1, 0.15) is 11.5 Å². The topological polar surface area (TPSA) is 62.4 Å². The summed E-state index contributed by atoms with van der Waals surface area (Å²) in [5.74, 6) is 1.02. The van der Waals surface area contributed by atoms with Crippen molar-refractivity contribution < 1.29 is 9.63 Å². The number of rotatable bonds is 7. The Kier molecular flexibility index (Phi) is 5.59. The van der Waals surface area contributed by atoms with E-state index in [4.69, 9.17) is 16.1 Å². The highest BCUT2D eigenvalue weighted by molar-refractivity contribution is 6.30. The zero-order valence-corrected chi connectivity index (χ0v) is 13.9. The molecule has 0 atom stereocenters. The molecule has 3 rings (SSSR count). The number of benzene rings is 2. The van der Waals surface area contributed by atoms with Crippen LogP contribution in [0.3, 0.4) is 0 Å². The van der Waals surface area contributed by atoms with Gasteiger partial charge in [-0.2, -0.15) is 4.98 Å². The van der Waals surface area contributed by atoms with E-state index in [9.17, 15) is 5.11 Å². The fourth-order valence-electron chi connectivity index (χ4n) is 2.45. The lowest BCUT2D eigenvalue weighted by Gasteiger charge is -2.19. The van der Waals surface area contributed by atoms with Gasteiger partial charge in [0.25, 0.3) is 0 Å². The Morgan fingerprint density at radius 3 is 2.62 bits per heavy atom. The average Bonchev–Trinajstić information content (AvgIpc) is 3.04. The monoisotopic (exact) mass is 343 g/mol. The van der Waals surface area contributed by atoms with E-state index in [1.54, 1.807) is 12.1 Å². The number of nitrogens with zero attached hydrogens (tertiary/aromatic N) is 3.